The van der Waals surface area contributed by atoms with Gasteiger partial charge in [-0.05, 0) is 91.4 Å². The second kappa shape index (κ2) is 16.2. The molecule has 3 nitrogen and oxygen atoms in total. The standard InChI is InChI=1S/C62H40N2O/c1-5-17-41(18-6-1)50-38-54(59(45-21-9-3-10-22-45)55(39-50)53-31-16-30-52-51-29-14-25-46-26-15-32-58(60(46)51)65-61(52)53)43-35-33-42(34-36-43)48-27-13-28-49(37-48)57-40-56(44-19-7-2-8-20-44)63-62(64-57)47-23-11-4-12-24-47/h1-40H. The minimum Gasteiger partial charge on any atom is -0.455 e. The normalized spacial score (nSPS) is 11.5. The molecule has 0 unspecified atom stereocenters. The molecule has 0 saturated carbocycles. The topological polar surface area (TPSA) is 35.0 Å². The van der Waals surface area contributed by atoms with Gasteiger partial charge in [-0.25, -0.2) is 9.97 Å². The van der Waals surface area contributed by atoms with Crippen LogP contribution < -0.4 is 4.74 Å². The van der Waals surface area contributed by atoms with E-state index in [-0.39, 0.29) is 0 Å². The monoisotopic (exact) mass is 828 g/mol. The van der Waals surface area contributed by atoms with Crippen LogP contribution >= 0.6 is 0 Å². The molecule has 0 spiro atoms. The summed E-state index contributed by atoms with van der Waals surface area (Å²) in [5.74, 6) is 2.46. The summed E-state index contributed by atoms with van der Waals surface area (Å²) in [6, 6.07) is 85.9. The molecule has 0 aliphatic carbocycles. The molecule has 1 aliphatic heterocycles. The average molecular weight is 829 g/mol. The SMILES string of the molecule is c1ccc(-c2cc(-c3ccc(-c4cccc(-c5cc(-c6ccccc6)nc(-c6ccccc6)n5)c4)cc3)c(-c3ccccc3)c(-c3cccc4c3Oc3cccc5cccc-4c35)c2)cc1. The third kappa shape index (κ3) is 7.06. The Morgan fingerprint density at radius 3 is 1.48 bits per heavy atom. The highest BCUT2D eigenvalue weighted by Crippen LogP contribution is 2.53. The summed E-state index contributed by atoms with van der Waals surface area (Å²) in [7, 11) is 0. The first-order valence-corrected chi connectivity index (χ1v) is 22.1. The lowest BCUT2D eigenvalue weighted by Gasteiger charge is -2.25. The van der Waals surface area contributed by atoms with Crippen LogP contribution in [0.4, 0.5) is 0 Å². The van der Waals surface area contributed by atoms with E-state index in [1.807, 2.05) is 36.4 Å². The maximum Gasteiger partial charge on any atom is 0.160 e. The lowest BCUT2D eigenvalue weighted by atomic mass is 9.83. The van der Waals surface area contributed by atoms with E-state index in [9.17, 15) is 0 Å². The van der Waals surface area contributed by atoms with Crippen LogP contribution in [0.3, 0.4) is 0 Å². The fraction of sp³-hybridized carbons (Fsp3) is 0. The number of para-hydroxylation sites is 1. The molecule has 0 bridgehead atoms. The number of rotatable bonds is 8. The predicted octanol–water partition coefficient (Wildman–Crippen LogP) is 16.7. The Bertz CT molecular complexity index is 3470. The number of aromatic nitrogens is 2. The Balaban J connectivity index is 0.998. The molecule has 10 aromatic carbocycles. The van der Waals surface area contributed by atoms with Crippen molar-refractivity contribution in [1.29, 1.82) is 0 Å². The van der Waals surface area contributed by atoms with Crippen LogP contribution in [0, 0.1) is 0 Å². The van der Waals surface area contributed by atoms with Gasteiger partial charge in [-0.15, -0.1) is 0 Å². The number of benzene rings is 10. The van der Waals surface area contributed by atoms with E-state index in [2.05, 4.69) is 206 Å². The molecule has 0 atom stereocenters. The van der Waals surface area contributed by atoms with Gasteiger partial charge in [0.05, 0.1) is 11.4 Å². The average Bonchev–Trinajstić information content (AvgIpc) is 3.39. The molecule has 0 radical (unpaired) electrons. The van der Waals surface area contributed by atoms with Crippen molar-refractivity contribution in [1.82, 2.24) is 9.97 Å². The van der Waals surface area contributed by atoms with Crippen molar-refractivity contribution in [2.24, 2.45) is 0 Å². The highest BCUT2D eigenvalue weighted by molar-refractivity contribution is 6.07. The van der Waals surface area contributed by atoms with Gasteiger partial charge in [0.2, 0.25) is 0 Å². The van der Waals surface area contributed by atoms with Crippen molar-refractivity contribution in [2.45, 2.75) is 0 Å². The summed E-state index contributed by atoms with van der Waals surface area (Å²) in [4.78, 5) is 10.1. The second-order valence-electron chi connectivity index (χ2n) is 16.5. The molecule has 0 N–H and O–H groups in total. The fourth-order valence-corrected chi connectivity index (χ4v) is 9.36. The van der Waals surface area contributed by atoms with Gasteiger partial charge in [0, 0.05) is 33.2 Å². The number of hydrogen-bond acceptors (Lipinski definition) is 3. The lowest BCUT2D eigenvalue weighted by Crippen LogP contribution is -2.00. The molecule has 0 saturated heterocycles. The van der Waals surface area contributed by atoms with Gasteiger partial charge in [0.25, 0.3) is 0 Å². The quantitative estimate of drug-likeness (QED) is 0.153. The second-order valence-corrected chi connectivity index (χ2v) is 16.5. The molecule has 11 aromatic rings. The zero-order valence-corrected chi connectivity index (χ0v) is 35.4. The van der Waals surface area contributed by atoms with Crippen LogP contribution in [-0.4, -0.2) is 9.97 Å². The van der Waals surface area contributed by atoms with Gasteiger partial charge < -0.3 is 4.74 Å². The minimum atomic E-state index is 0.702. The van der Waals surface area contributed by atoms with E-state index < -0.39 is 0 Å². The predicted molar refractivity (Wildman–Crippen MR) is 269 cm³/mol. The Kier molecular flexibility index (Phi) is 9.50. The maximum absolute atomic E-state index is 6.97. The lowest BCUT2D eigenvalue weighted by molar-refractivity contribution is 0.489. The highest BCUT2D eigenvalue weighted by Gasteiger charge is 2.26. The molecule has 12 rings (SSSR count). The number of hydrogen-bond donors (Lipinski definition) is 0. The van der Waals surface area contributed by atoms with Crippen molar-refractivity contribution < 1.29 is 4.74 Å². The van der Waals surface area contributed by atoms with Crippen molar-refractivity contribution in [3.63, 3.8) is 0 Å². The third-order valence-corrected chi connectivity index (χ3v) is 12.5. The van der Waals surface area contributed by atoms with Gasteiger partial charge in [-0.2, -0.15) is 0 Å². The zero-order chi connectivity index (χ0) is 43.1. The zero-order valence-electron chi connectivity index (χ0n) is 35.4. The summed E-state index contributed by atoms with van der Waals surface area (Å²) in [6.07, 6.45) is 0. The summed E-state index contributed by atoms with van der Waals surface area (Å²) in [6.45, 7) is 0. The maximum atomic E-state index is 6.97. The van der Waals surface area contributed by atoms with E-state index in [0.29, 0.717) is 5.82 Å². The van der Waals surface area contributed by atoms with Crippen LogP contribution in [0.1, 0.15) is 0 Å². The molecule has 65 heavy (non-hydrogen) atoms. The molecule has 2 heterocycles. The Labute approximate surface area is 378 Å². The van der Waals surface area contributed by atoms with E-state index in [1.54, 1.807) is 0 Å². The van der Waals surface area contributed by atoms with E-state index in [4.69, 9.17) is 14.7 Å². The van der Waals surface area contributed by atoms with Gasteiger partial charge in [0.1, 0.15) is 11.5 Å². The minimum absolute atomic E-state index is 0.702. The summed E-state index contributed by atoms with van der Waals surface area (Å²) in [5, 5.41) is 2.33. The van der Waals surface area contributed by atoms with Gasteiger partial charge in [-0.1, -0.05) is 212 Å². The molecule has 304 valence electrons. The third-order valence-electron chi connectivity index (χ3n) is 12.5. The van der Waals surface area contributed by atoms with Crippen molar-refractivity contribution in [3.8, 4) is 112 Å². The number of nitrogens with zero attached hydrogens (tertiary/aromatic N) is 2. The molecule has 0 fully saturated rings. The molecular weight excluding hydrogens is 789 g/mol. The van der Waals surface area contributed by atoms with Crippen LogP contribution in [0.25, 0.3) is 111 Å². The fourth-order valence-electron chi connectivity index (χ4n) is 9.36. The molecular formula is C62H40N2O. The first-order valence-electron chi connectivity index (χ1n) is 22.1. The number of ether oxygens (including phenoxy) is 1. The van der Waals surface area contributed by atoms with Crippen LogP contribution in [-0.2, 0) is 0 Å². The van der Waals surface area contributed by atoms with Crippen molar-refractivity contribution in [3.05, 3.63) is 243 Å². The first kappa shape index (κ1) is 38.0. The van der Waals surface area contributed by atoms with Gasteiger partial charge >= 0.3 is 0 Å². The van der Waals surface area contributed by atoms with Crippen LogP contribution in [0.15, 0.2) is 243 Å². The first-order chi connectivity index (χ1) is 32.2. The summed E-state index contributed by atoms with van der Waals surface area (Å²) in [5.41, 5.74) is 18.4. The Morgan fingerprint density at radius 2 is 0.769 bits per heavy atom. The van der Waals surface area contributed by atoms with Crippen LogP contribution in [0.5, 0.6) is 11.5 Å². The molecule has 3 heteroatoms. The largest absolute Gasteiger partial charge is 0.455 e. The van der Waals surface area contributed by atoms with Crippen LogP contribution in [0.2, 0.25) is 0 Å². The molecule has 1 aliphatic rings. The summed E-state index contributed by atoms with van der Waals surface area (Å²) < 4.78 is 6.97. The Hall–Kier alpha value is -8.66. The van der Waals surface area contributed by atoms with Crippen molar-refractivity contribution in [2.75, 3.05) is 0 Å². The highest BCUT2D eigenvalue weighted by atomic mass is 16.5. The van der Waals surface area contributed by atoms with Crippen molar-refractivity contribution >= 4 is 10.8 Å². The van der Waals surface area contributed by atoms with Gasteiger partial charge in [-0.3, -0.25) is 0 Å². The van der Waals surface area contributed by atoms with E-state index in [1.165, 1.54) is 10.9 Å². The molecule has 0 amide bonds. The van der Waals surface area contributed by atoms with E-state index >= 15 is 0 Å². The van der Waals surface area contributed by atoms with Gasteiger partial charge in [0.15, 0.2) is 5.82 Å². The molecule has 1 aromatic heterocycles. The Morgan fingerprint density at radius 1 is 0.277 bits per heavy atom. The van der Waals surface area contributed by atoms with E-state index in [0.717, 1.165) is 106 Å². The summed E-state index contributed by atoms with van der Waals surface area (Å²) >= 11 is 0. The number of fused-ring (bicyclic) bond motifs is 2. The smallest absolute Gasteiger partial charge is 0.160 e.